The average molecular weight is 310 g/mol. The first kappa shape index (κ1) is 15.9. The normalized spacial score (nSPS) is 12.7. The van der Waals surface area contributed by atoms with E-state index in [1.54, 1.807) is 36.4 Å². The molecule has 0 aliphatic carbocycles. The van der Waals surface area contributed by atoms with Gasteiger partial charge in [-0.25, -0.2) is 0 Å². The number of ether oxygens (including phenoxy) is 1. The second-order valence-electron chi connectivity index (χ2n) is 4.70. The minimum Gasteiger partial charge on any atom is -0.481 e. The molecule has 0 radical (unpaired) electrons. The van der Waals surface area contributed by atoms with E-state index in [0.29, 0.717) is 11.1 Å². The Kier molecular flexibility index (Phi) is 4.70. The van der Waals surface area contributed by atoms with Gasteiger partial charge in [-0.05, 0) is 29.7 Å². The predicted octanol–water partition coefficient (Wildman–Crippen LogP) is 4.00. The van der Waals surface area contributed by atoms with Gasteiger partial charge in [0.05, 0.1) is 5.92 Å². The molecule has 0 bridgehead atoms. The van der Waals surface area contributed by atoms with Crippen molar-refractivity contribution in [3.8, 4) is 5.75 Å². The molecule has 2 rings (SSSR count). The highest BCUT2D eigenvalue weighted by Crippen LogP contribution is 2.26. The van der Waals surface area contributed by atoms with Crippen LogP contribution >= 0.6 is 0 Å². The van der Waals surface area contributed by atoms with Crippen molar-refractivity contribution in [2.75, 3.05) is 0 Å². The third-order valence-electron chi connectivity index (χ3n) is 3.07. The lowest BCUT2D eigenvalue weighted by Gasteiger charge is -2.14. The molecule has 0 unspecified atom stereocenters. The molecule has 0 heterocycles. The van der Waals surface area contributed by atoms with Gasteiger partial charge in [0, 0.05) is 0 Å². The van der Waals surface area contributed by atoms with Gasteiger partial charge in [-0.2, -0.15) is 0 Å². The maximum atomic E-state index is 12.2. The van der Waals surface area contributed by atoms with Gasteiger partial charge in [0.1, 0.15) is 5.75 Å². The van der Waals surface area contributed by atoms with Crippen LogP contribution in [0.2, 0.25) is 0 Å². The molecule has 0 fully saturated rings. The first-order chi connectivity index (χ1) is 10.3. The van der Waals surface area contributed by atoms with Gasteiger partial charge >= 0.3 is 12.3 Å². The first-order valence-electron chi connectivity index (χ1n) is 6.47. The monoisotopic (exact) mass is 310 g/mol. The molecular weight excluding hydrogens is 297 g/mol. The molecule has 0 amide bonds. The van der Waals surface area contributed by atoms with Gasteiger partial charge in [-0.3, -0.25) is 4.79 Å². The van der Waals surface area contributed by atoms with Crippen molar-refractivity contribution in [3.05, 3.63) is 65.7 Å². The van der Waals surface area contributed by atoms with E-state index in [1.165, 1.54) is 18.2 Å². The molecule has 1 N–H and O–H groups in total. The fourth-order valence-electron chi connectivity index (χ4n) is 2.14. The van der Waals surface area contributed by atoms with Crippen molar-refractivity contribution in [2.45, 2.75) is 18.7 Å². The molecule has 3 nitrogen and oxygen atoms in total. The van der Waals surface area contributed by atoms with E-state index in [4.69, 9.17) is 0 Å². The van der Waals surface area contributed by atoms with Gasteiger partial charge in [-0.15, -0.1) is 13.2 Å². The van der Waals surface area contributed by atoms with Crippen LogP contribution in [0.25, 0.3) is 0 Å². The Balaban J connectivity index is 2.21. The zero-order valence-corrected chi connectivity index (χ0v) is 11.4. The lowest BCUT2D eigenvalue weighted by Crippen LogP contribution is -2.17. The van der Waals surface area contributed by atoms with E-state index in [9.17, 15) is 23.1 Å². The summed E-state index contributed by atoms with van der Waals surface area (Å²) in [4.78, 5) is 11.4. The number of carbonyl (C=O) groups is 1. The Morgan fingerprint density at radius 3 is 2.36 bits per heavy atom. The van der Waals surface area contributed by atoms with E-state index in [1.807, 2.05) is 0 Å². The Bertz CT molecular complexity index is 639. The van der Waals surface area contributed by atoms with Crippen LogP contribution in [0.4, 0.5) is 13.2 Å². The molecule has 2 aromatic carbocycles. The minimum absolute atomic E-state index is 0.0778. The summed E-state index contributed by atoms with van der Waals surface area (Å²) in [7, 11) is 0. The summed E-state index contributed by atoms with van der Waals surface area (Å²) in [5.74, 6) is -2.22. The zero-order chi connectivity index (χ0) is 16.2. The van der Waals surface area contributed by atoms with Crippen LogP contribution in [0.15, 0.2) is 54.6 Å². The highest BCUT2D eigenvalue weighted by atomic mass is 19.4. The Labute approximate surface area is 125 Å². The van der Waals surface area contributed by atoms with Gasteiger partial charge in [-0.1, -0.05) is 42.5 Å². The van der Waals surface area contributed by atoms with Crippen LogP contribution in [0.3, 0.4) is 0 Å². The number of hydrogen-bond donors (Lipinski definition) is 1. The van der Waals surface area contributed by atoms with E-state index in [0.717, 1.165) is 0 Å². The van der Waals surface area contributed by atoms with Crippen LogP contribution in [0, 0.1) is 0 Å². The quantitative estimate of drug-likeness (QED) is 0.908. The summed E-state index contributed by atoms with van der Waals surface area (Å²) >= 11 is 0. The number of carboxylic acids is 1. The predicted molar refractivity (Wildman–Crippen MR) is 73.6 cm³/mol. The van der Waals surface area contributed by atoms with E-state index < -0.39 is 18.2 Å². The highest BCUT2D eigenvalue weighted by molar-refractivity contribution is 5.76. The van der Waals surface area contributed by atoms with Crippen LogP contribution < -0.4 is 4.74 Å². The zero-order valence-electron chi connectivity index (χ0n) is 11.4. The van der Waals surface area contributed by atoms with Crippen LogP contribution in [-0.4, -0.2) is 17.4 Å². The van der Waals surface area contributed by atoms with Crippen LogP contribution in [-0.2, 0) is 11.2 Å². The molecule has 0 spiro atoms. The second-order valence-corrected chi connectivity index (χ2v) is 4.70. The van der Waals surface area contributed by atoms with Gasteiger partial charge in [0.25, 0.3) is 0 Å². The van der Waals surface area contributed by atoms with Crippen molar-refractivity contribution in [1.82, 2.24) is 0 Å². The molecule has 22 heavy (non-hydrogen) atoms. The summed E-state index contributed by atoms with van der Waals surface area (Å²) in [6.45, 7) is 0. The summed E-state index contributed by atoms with van der Waals surface area (Å²) in [6, 6.07) is 13.9. The number of hydrogen-bond acceptors (Lipinski definition) is 2. The minimum atomic E-state index is -4.77. The number of benzene rings is 2. The molecular formula is C16H13F3O3. The molecule has 116 valence electrons. The maximum absolute atomic E-state index is 12.2. The lowest BCUT2D eigenvalue weighted by atomic mass is 9.92. The topological polar surface area (TPSA) is 46.5 Å². The van der Waals surface area contributed by atoms with Crippen molar-refractivity contribution >= 4 is 5.97 Å². The molecule has 0 saturated heterocycles. The summed E-state index contributed by atoms with van der Waals surface area (Å²) in [5.41, 5.74) is 1.05. The number of halogens is 3. The number of aliphatic carboxylic acids is 1. The largest absolute Gasteiger partial charge is 0.573 e. The van der Waals surface area contributed by atoms with Crippen molar-refractivity contribution < 1.29 is 27.8 Å². The lowest BCUT2D eigenvalue weighted by molar-refractivity contribution is -0.274. The summed E-state index contributed by atoms with van der Waals surface area (Å²) in [5, 5.41) is 9.33. The fourth-order valence-corrected chi connectivity index (χ4v) is 2.14. The summed E-state index contributed by atoms with van der Waals surface area (Å²) < 4.78 is 40.5. The Morgan fingerprint density at radius 2 is 1.77 bits per heavy atom. The average Bonchev–Trinajstić information content (AvgIpc) is 2.44. The molecule has 0 aromatic heterocycles. The van der Waals surface area contributed by atoms with E-state index in [2.05, 4.69) is 4.74 Å². The molecule has 0 aliphatic rings. The number of alkyl halides is 3. The second kappa shape index (κ2) is 6.51. The first-order valence-corrected chi connectivity index (χ1v) is 6.47. The van der Waals surface area contributed by atoms with Gasteiger partial charge < -0.3 is 9.84 Å². The number of rotatable bonds is 5. The highest BCUT2D eigenvalue weighted by Gasteiger charge is 2.31. The van der Waals surface area contributed by atoms with E-state index in [-0.39, 0.29) is 12.2 Å². The molecule has 1 atom stereocenters. The smallest absolute Gasteiger partial charge is 0.481 e. The standard InChI is InChI=1S/C16H13F3O3/c17-16(18,19)22-13-8-4-5-11(9-13)10-14(15(20)21)12-6-2-1-3-7-12/h1-9,14H,10H2,(H,20,21)/t14-/m1/s1. The number of carboxylic acid groups (broad SMARTS) is 1. The van der Waals surface area contributed by atoms with Gasteiger partial charge in [0.15, 0.2) is 0 Å². The maximum Gasteiger partial charge on any atom is 0.573 e. The SMILES string of the molecule is O=C(O)[C@H](Cc1cccc(OC(F)(F)F)c1)c1ccccc1. The van der Waals surface area contributed by atoms with Crippen LogP contribution in [0.1, 0.15) is 17.0 Å². The molecule has 0 saturated carbocycles. The third-order valence-corrected chi connectivity index (χ3v) is 3.07. The van der Waals surface area contributed by atoms with E-state index >= 15 is 0 Å². The molecule has 2 aromatic rings. The van der Waals surface area contributed by atoms with Gasteiger partial charge in [0.2, 0.25) is 0 Å². The summed E-state index contributed by atoms with van der Waals surface area (Å²) in [6.07, 6.45) is -4.70. The third kappa shape index (κ3) is 4.51. The Hall–Kier alpha value is -2.50. The fraction of sp³-hybridized carbons (Fsp3) is 0.188. The van der Waals surface area contributed by atoms with Crippen molar-refractivity contribution in [1.29, 1.82) is 0 Å². The van der Waals surface area contributed by atoms with Crippen molar-refractivity contribution in [3.63, 3.8) is 0 Å². The molecule has 6 heteroatoms. The van der Waals surface area contributed by atoms with Crippen molar-refractivity contribution in [2.24, 2.45) is 0 Å². The Morgan fingerprint density at radius 1 is 1.09 bits per heavy atom. The molecule has 0 aliphatic heterocycles. The van der Waals surface area contributed by atoms with Crippen LogP contribution in [0.5, 0.6) is 5.75 Å².